The first-order valence-corrected chi connectivity index (χ1v) is 6.89. The van der Waals surface area contributed by atoms with Crippen LogP contribution in [0.15, 0.2) is 15.9 Å². The molecule has 2 unspecified atom stereocenters. The summed E-state index contributed by atoms with van der Waals surface area (Å²) in [4.78, 5) is 11.5. The van der Waals surface area contributed by atoms with Crippen molar-refractivity contribution in [2.75, 3.05) is 0 Å². The smallest absolute Gasteiger partial charge is 0.318 e. The Morgan fingerprint density at radius 1 is 1.79 bits per heavy atom. The minimum Gasteiger partial charge on any atom is -0.480 e. The second-order valence-corrected chi connectivity index (χ2v) is 6.31. The Morgan fingerprint density at radius 2 is 2.43 bits per heavy atom. The van der Waals surface area contributed by atoms with Crippen LogP contribution in [0, 0.1) is 0 Å². The van der Waals surface area contributed by atoms with E-state index in [9.17, 15) is 9.00 Å². The van der Waals surface area contributed by atoms with Crippen molar-refractivity contribution >= 4 is 44.0 Å². The number of thiophene rings is 1. The Kier molecular flexibility index (Phi) is 4.28. The van der Waals surface area contributed by atoms with Gasteiger partial charge in [-0.05, 0) is 34.3 Å². The fourth-order valence-corrected chi connectivity index (χ4v) is 3.77. The Morgan fingerprint density at radius 3 is 2.86 bits per heavy atom. The van der Waals surface area contributed by atoms with Gasteiger partial charge in [-0.2, -0.15) is 0 Å². The van der Waals surface area contributed by atoms with Gasteiger partial charge in [0.2, 0.25) is 0 Å². The maximum atomic E-state index is 11.5. The molecule has 3 nitrogen and oxygen atoms in total. The standard InChI is InChI=1S/C8H9BrO3S2/c1-5(8(10)11)14(12)4-7-6(9)2-3-13-7/h2-3,5H,4H2,1H3,(H,10,11). The zero-order valence-corrected chi connectivity index (χ0v) is 10.6. The van der Waals surface area contributed by atoms with Crippen molar-refractivity contribution in [1.29, 1.82) is 0 Å². The van der Waals surface area contributed by atoms with E-state index in [1.165, 1.54) is 18.3 Å². The highest BCUT2D eigenvalue weighted by atomic mass is 79.9. The van der Waals surface area contributed by atoms with Crippen LogP contribution in [0.5, 0.6) is 0 Å². The molecule has 0 aromatic carbocycles. The third-order valence-corrected chi connectivity index (χ3v) is 5.38. The molecule has 6 heteroatoms. The predicted molar refractivity (Wildman–Crippen MR) is 61.0 cm³/mol. The van der Waals surface area contributed by atoms with Crippen LogP contribution in [0.4, 0.5) is 0 Å². The highest BCUT2D eigenvalue weighted by Gasteiger charge is 2.20. The van der Waals surface area contributed by atoms with E-state index in [4.69, 9.17) is 5.11 Å². The molecule has 0 aliphatic carbocycles. The Balaban J connectivity index is 2.66. The van der Waals surface area contributed by atoms with Gasteiger partial charge in [0.15, 0.2) is 0 Å². The van der Waals surface area contributed by atoms with E-state index >= 15 is 0 Å². The molecule has 78 valence electrons. The van der Waals surface area contributed by atoms with Crippen molar-refractivity contribution < 1.29 is 14.1 Å². The van der Waals surface area contributed by atoms with Gasteiger partial charge in [-0.1, -0.05) is 0 Å². The van der Waals surface area contributed by atoms with E-state index < -0.39 is 22.0 Å². The fourth-order valence-electron chi connectivity index (χ4n) is 0.795. The number of carbonyl (C=O) groups is 1. The lowest BCUT2D eigenvalue weighted by molar-refractivity contribution is -0.136. The minimum absolute atomic E-state index is 0.297. The van der Waals surface area contributed by atoms with Gasteiger partial charge in [-0.3, -0.25) is 9.00 Å². The molecule has 0 spiro atoms. The van der Waals surface area contributed by atoms with Gasteiger partial charge in [-0.25, -0.2) is 0 Å². The van der Waals surface area contributed by atoms with Crippen LogP contribution in [0.1, 0.15) is 11.8 Å². The number of hydrogen-bond acceptors (Lipinski definition) is 3. The van der Waals surface area contributed by atoms with Crippen LogP contribution in [0.3, 0.4) is 0 Å². The molecule has 1 aromatic rings. The van der Waals surface area contributed by atoms with Crippen molar-refractivity contribution in [2.24, 2.45) is 0 Å². The predicted octanol–water partition coefficient (Wildman–Crippen LogP) is 2.23. The van der Waals surface area contributed by atoms with Crippen LogP contribution in [0.25, 0.3) is 0 Å². The number of halogens is 1. The van der Waals surface area contributed by atoms with E-state index in [1.54, 1.807) is 0 Å². The van der Waals surface area contributed by atoms with E-state index in [0.29, 0.717) is 5.75 Å². The molecule has 0 saturated heterocycles. The van der Waals surface area contributed by atoms with Crippen LogP contribution in [-0.2, 0) is 21.3 Å². The molecule has 1 N–H and O–H groups in total. The monoisotopic (exact) mass is 296 g/mol. The highest BCUT2D eigenvalue weighted by molar-refractivity contribution is 9.10. The lowest BCUT2D eigenvalue weighted by Gasteiger charge is -2.05. The summed E-state index contributed by atoms with van der Waals surface area (Å²) in [5, 5.41) is 9.71. The van der Waals surface area contributed by atoms with Crippen LogP contribution in [0.2, 0.25) is 0 Å². The van der Waals surface area contributed by atoms with Crippen molar-refractivity contribution in [3.05, 3.63) is 20.8 Å². The number of rotatable bonds is 4. The summed E-state index contributed by atoms with van der Waals surface area (Å²) in [6, 6.07) is 1.86. The summed E-state index contributed by atoms with van der Waals surface area (Å²) in [6.07, 6.45) is 0. The molecule has 0 amide bonds. The van der Waals surface area contributed by atoms with E-state index in [0.717, 1.165) is 9.35 Å². The molecule has 2 atom stereocenters. The summed E-state index contributed by atoms with van der Waals surface area (Å²) < 4.78 is 12.4. The molecule has 0 fully saturated rings. The Bertz CT molecular complexity index is 361. The summed E-state index contributed by atoms with van der Waals surface area (Å²) in [7, 11) is -1.35. The topological polar surface area (TPSA) is 54.4 Å². The lowest BCUT2D eigenvalue weighted by Crippen LogP contribution is -2.22. The molecule has 1 aromatic heterocycles. The largest absolute Gasteiger partial charge is 0.480 e. The second-order valence-electron chi connectivity index (χ2n) is 2.70. The summed E-state index contributed by atoms with van der Waals surface area (Å²) in [5.74, 6) is -0.720. The molecule has 0 aliphatic rings. The highest BCUT2D eigenvalue weighted by Crippen LogP contribution is 2.24. The summed E-state index contributed by atoms with van der Waals surface area (Å²) in [5.41, 5.74) is 0. The number of carboxylic acid groups (broad SMARTS) is 1. The summed E-state index contributed by atoms with van der Waals surface area (Å²) in [6.45, 7) is 1.46. The maximum Gasteiger partial charge on any atom is 0.318 e. The van der Waals surface area contributed by atoms with Crippen LogP contribution >= 0.6 is 27.3 Å². The molecule has 0 radical (unpaired) electrons. The molecular weight excluding hydrogens is 288 g/mol. The van der Waals surface area contributed by atoms with Gasteiger partial charge < -0.3 is 5.11 Å². The number of aliphatic carboxylic acids is 1. The van der Waals surface area contributed by atoms with E-state index in [1.807, 2.05) is 11.4 Å². The molecule has 14 heavy (non-hydrogen) atoms. The molecular formula is C8H9BrO3S2. The molecule has 1 rings (SSSR count). The molecule has 0 aliphatic heterocycles. The molecule has 1 heterocycles. The van der Waals surface area contributed by atoms with Gasteiger partial charge in [0.25, 0.3) is 0 Å². The fraction of sp³-hybridized carbons (Fsp3) is 0.375. The minimum atomic E-state index is -1.35. The van der Waals surface area contributed by atoms with Crippen LogP contribution < -0.4 is 0 Å². The molecule has 0 bridgehead atoms. The third kappa shape index (κ3) is 2.90. The number of hydrogen-bond donors (Lipinski definition) is 1. The van der Waals surface area contributed by atoms with E-state index in [-0.39, 0.29) is 0 Å². The van der Waals surface area contributed by atoms with Crippen molar-refractivity contribution in [2.45, 2.75) is 17.9 Å². The van der Waals surface area contributed by atoms with E-state index in [2.05, 4.69) is 15.9 Å². The second kappa shape index (κ2) is 5.04. The zero-order valence-electron chi connectivity index (χ0n) is 7.40. The first kappa shape index (κ1) is 11.9. The quantitative estimate of drug-likeness (QED) is 0.927. The SMILES string of the molecule is CC(C(=O)O)S(=O)Cc1sccc1Br. The average molecular weight is 297 g/mol. The van der Waals surface area contributed by atoms with Gasteiger partial charge in [0, 0.05) is 20.1 Å². The van der Waals surface area contributed by atoms with Gasteiger partial charge in [0.05, 0.1) is 5.75 Å². The maximum absolute atomic E-state index is 11.5. The Labute approximate surface area is 96.7 Å². The zero-order chi connectivity index (χ0) is 10.7. The van der Waals surface area contributed by atoms with Crippen LogP contribution in [-0.4, -0.2) is 20.5 Å². The van der Waals surface area contributed by atoms with Gasteiger partial charge in [-0.15, -0.1) is 11.3 Å². The first-order chi connectivity index (χ1) is 6.52. The van der Waals surface area contributed by atoms with Crippen molar-refractivity contribution in [3.8, 4) is 0 Å². The third-order valence-electron chi connectivity index (χ3n) is 1.71. The molecule has 0 saturated carbocycles. The summed E-state index contributed by atoms with van der Waals surface area (Å²) >= 11 is 4.78. The van der Waals surface area contributed by atoms with Crippen molar-refractivity contribution in [1.82, 2.24) is 0 Å². The Hall–Kier alpha value is -0.200. The van der Waals surface area contributed by atoms with Crippen molar-refractivity contribution in [3.63, 3.8) is 0 Å². The number of carboxylic acids is 1. The first-order valence-electron chi connectivity index (χ1n) is 3.84. The van der Waals surface area contributed by atoms with Gasteiger partial charge >= 0.3 is 5.97 Å². The lowest BCUT2D eigenvalue weighted by atomic mass is 10.5. The van der Waals surface area contributed by atoms with Gasteiger partial charge in [0.1, 0.15) is 5.25 Å². The average Bonchev–Trinajstić information content (AvgIpc) is 2.50. The normalized spacial score (nSPS) is 15.0.